The van der Waals surface area contributed by atoms with Crippen LogP contribution in [0, 0.1) is 17.0 Å². The molecule has 0 saturated carbocycles. The molecule has 98 valence electrons. The van der Waals surface area contributed by atoms with Crippen LogP contribution >= 0.6 is 0 Å². The van der Waals surface area contributed by atoms with Crippen LogP contribution in [0.4, 0.5) is 5.69 Å². The third kappa shape index (κ3) is 2.17. The molecule has 0 atom stereocenters. The van der Waals surface area contributed by atoms with E-state index in [1.807, 2.05) is 0 Å². The number of pyridine rings is 1. The molecule has 1 N–H and O–H groups in total. The first kappa shape index (κ1) is 12.7. The maximum atomic E-state index is 11.9. The lowest BCUT2D eigenvalue weighted by Gasteiger charge is -2.04. The van der Waals surface area contributed by atoms with Gasteiger partial charge in [0.2, 0.25) is 0 Å². The Morgan fingerprint density at radius 3 is 2.63 bits per heavy atom. The zero-order valence-electron chi connectivity index (χ0n) is 10.2. The van der Waals surface area contributed by atoms with E-state index in [-0.39, 0.29) is 22.3 Å². The number of nitrogens with zero attached hydrogens (tertiary/aromatic N) is 1. The molecule has 0 saturated heterocycles. The minimum atomic E-state index is -0.756. The van der Waals surface area contributed by atoms with Crippen LogP contribution in [0.25, 0.3) is 10.9 Å². The summed E-state index contributed by atoms with van der Waals surface area (Å²) in [5.41, 5.74) is -0.232. The van der Waals surface area contributed by atoms with E-state index < -0.39 is 16.3 Å². The van der Waals surface area contributed by atoms with Gasteiger partial charge < -0.3 is 9.72 Å². The third-order valence-corrected chi connectivity index (χ3v) is 2.66. The Morgan fingerprint density at radius 2 is 2.05 bits per heavy atom. The fourth-order valence-electron chi connectivity index (χ4n) is 1.84. The molecule has 7 heteroatoms. The summed E-state index contributed by atoms with van der Waals surface area (Å²) in [6.45, 7) is 1.65. The number of aryl methyl sites for hydroxylation is 1. The highest BCUT2D eigenvalue weighted by Crippen LogP contribution is 2.23. The van der Waals surface area contributed by atoms with Crippen LogP contribution in [0.5, 0.6) is 0 Å². The van der Waals surface area contributed by atoms with E-state index in [1.165, 1.54) is 12.1 Å². The number of aromatic nitrogens is 1. The van der Waals surface area contributed by atoms with E-state index in [0.29, 0.717) is 5.56 Å². The number of nitro groups is 1. The molecule has 0 unspecified atom stereocenters. The molecule has 0 radical (unpaired) electrons. The minimum Gasteiger partial charge on any atom is -0.464 e. The van der Waals surface area contributed by atoms with Crippen molar-refractivity contribution in [2.45, 2.75) is 6.92 Å². The van der Waals surface area contributed by atoms with Crippen LogP contribution in [0.2, 0.25) is 0 Å². The number of hydrogen-bond donors (Lipinski definition) is 1. The number of rotatable bonds is 2. The largest absolute Gasteiger partial charge is 0.464 e. The lowest BCUT2D eigenvalue weighted by molar-refractivity contribution is -0.383. The van der Waals surface area contributed by atoms with Crippen molar-refractivity contribution >= 4 is 22.6 Å². The summed E-state index contributed by atoms with van der Waals surface area (Å²) >= 11 is 0. The van der Waals surface area contributed by atoms with Gasteiger partial charge in [-0.2, -0.15) is 0 Å². The Hall–Kier alpha value is -2.70. The number of ether oxygens (including phenoxy) is 1. The van der Waals surface area contributed by atoms with Gasteiger partial charge in [0.05, 0.1) is 17.4 Å². The van der Waals surface area contributed by atoms with Gasteiger partial charge in [0.15, 0.2) is 5.43 Å². The molecule has 0 aliphatic heterocycles. The van der Waals surface area contributed by atoms with Crippen molar-refractivity contribution in [1.82, 2.24) is 4.98 Å². The summed E-state index contributed by atoms with van der Waals surface area (Å²) in [6.07, 6.45) is 0. The molecule has 2 aromatic rings. The van der Waals surface area contributed by atoms with Crippen LogP contribution in [0.3, 0.4) is 0 Å². The highest BCUT2D eigenvalue weighted by Gasteiger charge is 2.18. The van der Waals surface area contributed by atoms with Gasteiger partial charge in [0.25, 0.3) is 5.69 Å². The molecular formula is C12H10N2O5. The molecular weight excluding hydrogens is 252 g/mol. The number of benzene rings is 1. The summed E-state index contributed by atoms with van der Waals surface area (Å²) in [4.78, 5) is 36.3. The van der Waals surface area contributed by atoms with Crippen LogP contribution in [-0.2, 0) is 4.74 Å². The number of H-pyrrole nitrogens is 1. The predicted molar refractivity (Wildman–Crippen MR) is 67.3 cm³/mol. The highest BCUT2D eigenvalue weighted by atomic mass is 16.6. The minimum absolute atomic E-state index is 0.0171. The predicted octanol–water partition coefficient (Wildman–Crippen LogP) is 1.53. The Kier molecular flexibility index (Phi) is 3.04. The van der Waals surface area contributed by atoms with Crippen molar-refractivity contribution in [3.8, 4) is 0 Å². The van der Waals surface area contributed by atoms with Crippen LogP contribution < -0.4 is 5.43 Å². The van der Waals surface area contributed by atoms with Gasteiger partial charge in [0.1, 0.15) is 11.2 Å². The van der Waals surface area contributed by atoms with E-state index in [4.69, 9.17) is 0 Å². The van der Waals surface area contributed by atoms with Crippen molar-refractivity contribution in [2.75, 3.05) is 7.11 Å². The number of non-ortho nitro benzene ring substituents is 1. The monoisotopic (exact) mass is 262 g/mol. The molecule has 19 heavy (non-hydrogen) atoms. The SMILES string of the molecule is COC(=O)c1cc(=O)c2cc(C)cc([N+](=O)[O-])c2[nH]1. The van der Waals surface area contributed by atoms with Crippen molar-refractivity contribution < 1.29 is 14.5 Å². The smallest absolute Gasteiger partial charge is 0.354 e. The quantitative estimate of drug-likeness (QED) is 0.502. The van der Waals surface area contributed by atoms with Gasteiger partial charge in [-0.15, -0.1) is 0 Å². The maximum Gasteiger partial charge on any atom is 0.354 e. The van der Waals surface area contributed by atoms with Gasteiger partial charge in [0, 0.05) is 12.1 Å². The number of fused-ring (bicyclic) bond motifs is 1. The van der Waals surface area contributed by atoms with Crippen LogP contribution in [0.1, 0.15) is 16.1 Å². The zero-order chi connectivity index (χ0) is 14.2. The molecule has 0 spiro atoms. The van der Waals surface area contributed by atoms with E-state index in [2.05, 4.69) is 9.72 Å². The second kappa shape index (κ2) is 4.52. The second-order valence-electron chi connectivity index (χ2n) is 4.00. The molecule has 0 fully saturated rings. The zero-order valence-corrected chi connectivity index (χ0v) is 10.2. The topological polar surface area (TPSA) is 102 Å². The van der Waals surface area contributed by atoms with Crippen molar-refractivity contribution in [3.63, 3.8) is 0 Å². The first-order valence-electron chi connectivity index (χ1n) is 5.34. The van der Waals surface area contributed by atoms with Gasteiger partial charge in [-0.05, 0) is 18.6 Å². The Morgan fingerprint density at radius 1 is 1.37 bits per heavy atom. The van der Waals surface area contributed by atoms with Crippen molar-refractivity contribution in [2.24, 2.45) is 0 Å². The summed E-state index contributed by atoms with van der Waals surface area (Å²) in [6, 6.07) is 3.93. The first-order valence-corrected chi connectivity index (χ1v) is 5.34. The average Bonchev–Trinajstić information content (AvgIpc) is 2.37. The normalized spacial score (nSPS) is 10.4. The number of carbonyl (C=O) groups excluding carboxylic acids is 1. The maximum absolute atomic E-state index is 11.9. The van der Waals surface area contributed by atoms with E-state index in [0.717, 1.165) is 13.2 Å². The molecule has 0 amide bonds. The number of nitrogens with one attached hydrogen (secondary N) is 1. The molecule has 0 aliphatic rings. The van der Waals surface area contributed by atoms with Gasteiger partial charge in [-0.3, -0.25) is 14.9 Å². The van der Waals surface area contributed by atoms with E-state index in [1.54, 1.807) is 6.92 Å². The molecule has 0 aliphatic carbocycles. The number of hydrogen-bond acceptors (Lipinski definition) is 5. The Labute approximate surface area is 107 Å². The average molecular weight is 262 g/mol. The van der Waals surface area contributed by atoms with Gasteiger partial charge in [-0.1, -0.05) is 0 Å². The lowest BCUT2D eigenvalue weighted by Crippen LogP contribution is -2.12. The van der Waals surface area contributed by atoms with Gasteiger partial charge in [-0.25, -0.2) is 4.79 Å². The van der Waals surface area contributed by atoms with E-state index >= 15 is 0 Å². The van der Waals surface area contributed by atoms with Crippen molar-refractivity contribution in [3.05, 3.63) is 49.8 Å². The number of esters is 1. The molecule has 1 aromatic heterocycles. The summed E-state index contributed by atoms with van der Waals surface area (Å²) < 4.78 is 4.49. The number of nitro benzene ring substituents is 1. The number of aromatic amines is 1. The fourth-order valence-corrected chi connectivity index (χ4v) is 1.84. The fraction of sp³-hybridized carbons (Fsp3) is 0.167. The molecule has 1 aromatic carbocycles. The first-order chi connectivity index (χ1) is 8.93. The van der Waals surface area contributed by atoms with Crippen molar-refractivity contribution in [1.29, 1.82) is 0 Å². The second-order valence-corrected chi connectivity index (χ2v) is 4.00. The number of methoxy groups -OCH3 is 1. The van der Waals surface area contributed by atoms with Gasteiger partial charge >= 0.3 is 5.97 Å². The molecule has 0 bridgehead atoms. The summed E-state index contributed by atoms with van der Waals surface area (Å²) in [7, 11) is 1.16. The van der Waals surface area contributed by atoms with Crippen LogP contribution in [0.15, 0.2) is 23.0 Å². The van der Waals surface area contributed by atoms with E-state index in [9.17, 15) is 19.7 Å². The molecule has 7 nitrogen and oxygen atoms in total. The Bertz CT molecular complexity index is 748. The van der Waals surface area contributed by atoms with Crippen LogP contribution in [-0.4, -0.2) is 23.0 Å². The lowest BCUT2D eigenvalue weighted by atomic mass is 10.1. The Balaban J connectivity index is 2.89. The summed E-state index contributed by atoms with van der Waals surface area (Å²) in [5.74, 6) is -0.756. The molecule has 2 rings (SSSR count). The molecule has 1 heterocycles. The third-order valence-electron chi connectivity index (χ3n) is 2.66. The standard InChI is InChI=1S/C12H10N2O5/c1-6-3-7-10(15)5-8(12(16)19-2)13-11(7)9(4-6)14(17)18/h3-5H,1-2H3,(H,13,15). The highest BCUT2D eigenvalue weighted by molar-refractivity contribution is 5.94. The summed E-state index contributed by atoms with van der Waals surface area (Å²) in [5, 5.41) is 11.2. The number of carbonyl (C=O) groups is 1.